The largest absolute Gasteiger partial charge is 0.497 e. The van der Waals surface area contributed by atoms with Gasteiger partial charge in [-0.15, -0.1) is 11.3 Å². The van der Waals surface area contributed by atoms with Crippen molar-refractivity contribution in [1.82, 2.24) is 9.88 Å². The van der Waals surface area contributed by atoms with Crippen LogP contribution in [0.15, 0.2) is 29.6 Å². The van der Waals surface area contributed by atoms with E-state index < -0.39 is 0 Å². The van der Waals surface area contributed by atoms with Crippen molar-refractivity contribution in [3.05, 3.63) is 29.6 Å². The maximum absolute atomic E-state index is 12.2. The minimum Gasteiger partial charge on any atom is -0.497 e. The predicted octanol–water partition coefficient (Wildman–Crippen LogP) is 3.40. The lowest BCUT2D eigenvalue weighted by atomic mass is 10.2. The normalized spacial score (nSPS) is 14.7. The van der Waals surface area contributed by atoms with Gasteiger partial charge in [-0.2, -0.15) is 11.8 Å². The lowest BCUT2D eigenvalue weighted by Crippen LogP contribution is -2.40. The van der Waals surface area contributed by atoms with Crippen LogP contribution >= 0.6 is 23.1 Å². The zero-order valence-corrected chi connectivity index (χ0v) is 13.9. The number of benzene rings is 1. The summed E-state index contributed by atoms with van der Waals surface area (Å²) >= 11 is 3.32. The minimum absolute atomic E-state index is 0.0593. The van der Waals surface area contributed by atoms with Crippen molar-refractivity contribution >= 4 is 34.3 Å². The number of ether oxygens (including phenoxy) is 1. The lowest BCUT2D eigenvalue weighted by molar-refractivity contribution is 0.217. The van der Waals surface area contributed by atoms with Gasteiger partial charge in [-0.05, 0) is 24.3 Å². The van der Waals surface area contributed by atoms with Gasteiger partial charge in [0.15, 0.2) is 5.13 Å². The second-order valence-corrected chi connectivity index (χ2v) is 6.88. The molecule has 116 valence electrons. The standard InChI is InChI=1S/C15H17N3O2S2/c1-20-12-4-2-11(3-5-12)13-10-22-14(16-13)17-15(19)18-6-8-21-9-7-18/h2-5,10H,6-9H2,1H3,(H,16,17,19). The van der Waals surface area contributed by atoms with Gasteiger partial charge >= 0.3 is 6.03 Å². The molecule has 2 heterocycles. The van der Waals surface area contributed by atoms with Crippen LogP contribution < -0.4 is 10.1 Å². The molecule has 2 aromatic rings. The molecule has 0 aliphatic carbocycles. The molecule has 0 unspecified atom stereocenters. The average Bonchev–Trinajstić information content (AvgIpc) is 3.04. The smallest absolute Gasteiger partial charge is 0.323 e. The Morgan fingerprint density at radius 2 is 2.00 bits per heavy atom. The molecule has 1 N–H and O–H groups in total. The van der Waals surface area contributed by atoms with E-state index in [0.717, 1.165) is 41.6 Å². The highest BCUT2D eigenvalue weighted by Crippen LogP contribution is 2.26. The molecule has 0 radical (unpaired) electrons. The van der Waals surface area contributed by atoms with Gasteiger partial charge in [-0.25, -0.2) is 9.78 Å². The first kappa shape index (κ1) is 15.2. The van der Waals surface area contributed by atoms with Crippen LogP contribution in [0.3, 0.4) is 0 Å². The van der Waals surface area contributed by atoms with E-state index in [1.807, 2.05) is 46.3 Å². The molecule has 22 heavy (non-hydrogen) atoms. The van der Waals surface area contributed by atoms with E-state index in [2.05, 4.69) is 10.3 Å². The van der Waals surface area contributed by atoms with Crippen molar-refractivity contribution in [3.8, 4) is 17.0 Å². The number of anilines is 1. The number of carbonyl (C=O) groups excluding carboxylic acids is 1. The molecule has 0 atom stereocenters. The molecule has 1 aliphatic heterocycles. The van der Waals surface area contributed by atoms with E-state index in [1.165, 1.54) is 11.3 Å². The van der Waals surface area contributed by atoms with Gasteiger partial charge in [-0.3, -0.25) is 5.32 Å². The highest BCUT2D eigenvalue weighted by atomic mass is 32.2. The number of nitrogens with zero attached hydrogens (tertiary/aromatic N) is 2. The fourth-order valence-electron chi connectivity index (χ4n) is 2.16. The molecular formula is C15H17N3O2S2. The fourth-order valence-corrected chi connectivity index (χ4v) is 3.77. The Balaban J connectivity index is 1.66. The molecule has 1 fully saturated rings. The van der Waals surface area contributed by atoms with Crippen LogP contribution in [0.25, 0.3) is 11.3 Å². The summed E-state index contributed by atoms with van der Waals surface area (Å²) in [6.07, 6.45) is 0. The Bertz CT molecular complexity index is 636. The summed E-state index contributed by atoms with van der Waals surface area (Å²) in [6.45, 7) is 1.60. The number of thiazole rings is 1. The summed E-state index contributed by atoms with van der Waals surface area (Å²) in [5, 5.41) is 5.47. The van der Waals surface area contributed by atoms with Gasteiger partial charge in [0.25, 0.3) is 0 Å². The van der Waals surface area contributed by atoms with Gasteiger partial charge in [-0.1, -0.05) is 0 Å². The van der Waals surface area contributed by atoms with E-state index in [0.29, 0.717) is 5.13 Å². The molecule has 2 amide bonds. The van der Waals surface area contributed by atoms with Crippen LogP contribution in [0, 0.1) is 0 Å². The van der Waals surface area contributed by atoms with Crippen LogP contribution in [0.5, 0.6) is 5.75 Å². The maximum atomic E-state index is 12.2. The Morgan fingerprint density at radius 1 is 1.27 bits per heavy atom. The first-order valence-electron chi connectivity index (χ1n) is 7.00. The predicted molar refractivity (Wildman–Crippen MR) is 92.0 cm³/mol. The van der Waals surface area contributed by atoms with E-state index in [1.54, 1.807) is 7.11 Å². The topological polar surface area (TPSA) is 54.5 Å². The van der Waals surface area contributed by atoms with Crippen molar-refractivity contribution in [3.63, 3.8) is 0 Å². The first-order valence-corrected chi connectivity index (χ1v) is 9.03. The van der Waals surface area contributed by atoms with Gasteiger partial charge in [0.05, 0.1) is 12.8 Å². The molecule has 1 aliphatic rings. The van der Waals surface area contributed by atoms with Crippen LogP contribution in [0.4, 0.5) is 9.93 Å². The van der Waals surface area contributed by atoms with Crippen molar-refractivity contribution in [2.75, 3.05) is 37.0 Å². The number of urea groups is 1. The summed E-state index contributed by atoms with van der Waals surface area (Å²) in [6, 6.07) is 7.66. The molecule has 3 rings (SSSR count). The van der Waals surface area contributed by atoms with Gasteiger partial charge < -0.3 is 9.64 Å². The van der Waals surface area contributed by atoms with Crippen LogP contribution in [-0.2, 0) is 0 Å². The van der Waals surface area contributed by atoms with Crippen LogP contribution in [0.1, 0.15) is 0 Å². The molecule has 0 saturated carbocycles. The monoisotopic (exact) mass is 335 g/mol. The van der Waals surface area contributed by atoms with Crippen molar-refractivity contribution in [1.29, 1.82) is 0 Å². The minimum atomic E-state index is -0.0593. The molecule has 0 bridgehead atoms. The van der Waals surface area contributed by atoms with E-state index in [-0.39, 0.29) is 6.03 Å². The molecule has 1 saturated heterocycles. The second kappa shape index (κ2) is 7.02. The third kappa shape index (κ3) is 3.53. The summed E-state index contributed by atoms with van der Waals surface area (Å²) < 4.78 is 5.15. The number of thioether (sulfide) groups is 1. The summed E-state index contributed by atoms with van der Waals surface area (Å²) in [5.74, 6) is 2.82. The number of nitrogens with one attached hydrogen (secondary N) is 1. The molecule has 1 aromatic carbocycles. The Kier molecular flexibility index (Phi) is 4.84. The molecule has 7 heteroatoms. The quantitative estimate of drug-likeness (QED) is 0.934. The lowest BCUT2D eigenvalue weighted by Gasteiger charge is -2.25. The van der Waals surface area contributed by atoms with Crippen molar-refractivity contribution in [2.24, 2.45) is 0 Å². The third-order valence-electron chi connectivity index (χ3n) is 3.40. The number of carbonyl (C=O) groups is 1. The molecule has 5 nitrogen and oxygen atoms in total. The molecule has 1 aromatic heterocycles. The summed E-state index contributed by atoms with van der Waals surface area (Å²) in [5.41, 5.74) is 1.86. The highest BCUT2D eigenvalue weighted by molar-refractivity contribution is 7.99. The van der Waals surface area contributed by atoms with Crippen LogP contribution in [0.2, 0.25) is 0 Å². The highest BCUT2D eigenvalue weighted by Gasteiger charge is 2.17. The van der Waals surface area contributed by atoms with Crippen molar-refractivity contribution < 1.29 is 9.53 Å². The first-order chi connectivity index (χ1) is 10.8. The zero-order chi connectivity index (χ0) is 15.4. The number of rotatable bonds is 3. The maximum Gasteiger partial charge on any atom is 0.323 e. The zero-order valence-electron chi connectivity index (χ0n) is 12.2. The fraction of sp³-hybridized carbons (Fsp3) is 0.333. The third-order valence-corrected chi connectivity index (χ3v) is 5.10. The van der Waals surface area contributed by atoms with E-state index in [9.17, 15) is 4.79 Å². The number of hydrogen-bond acceptors (Lipinski definition) is 5. The second-order valence-electron chi connectivity index (χ2n) is 4.80. The van der Waals surface area contributed by atoms with Gasteiger partial charge in [0.1, 0.15) is 5.75 Å². The summed E-state index contributed by atoms with van der Waals surface area (Å²) in [7, 11) is 1.64. The van der Waals surface area contributed by atoms with Gasteiger partial charge in [0, 0.05) is 35.5 Å². The number of aromatic nitrogens is 1. The van der Waals surface area contributed by atoms with Crippen molar-refractivity contribution in [2.45, 2.75) is 0 Å². The molecule has 0 spiro atoms. The Hall–Kier alpha value is -1.73. The SMILES string of the molecule is COc1ccc(-c2csc(NC(=O)N3CCSCC3)n2)cc1. The number of hydrogen-bond donors (Lipinski definition) is 1. The number of methoxy groups -OCH3 is 1. The van der Waals surface area contributed by atoms with Crippen LogP contribution in [-0.4, -0.2) is 47.6 Å². The average molecular weight is 335 g/mol. The molecular weight excluding hydrogens is 318 g/mol. The summed E-state index contributed by atoms with van der Waals surface area (Å²) in [4.78, 5) is 18.5. The Labute approximate surface area is 137 Å². The number of amides is 2. The van der Waals surface area contributed by atoms with Gasteiger partial charge in [0.2, 0.25) is 0 Å². The Morgan fingerprint density at radius 3 is 2.68 bits per heavy atom. The van der Waals surface area contributed by atoms with E-state index >= 15 is 0 Å². The van der Waals surface area contributed by atoms with E-state index in [4.69, 9.17) is 4.74 Å².